The molecule has 0 unspecified atom stereocenters. The normalized spacial score (nSPS) is 11.1. The van der Waals surface area contributed by atoms with Crippen LogP contribution in [0.5, 0.6) is 0 Å². The standard InChI is InChI=1S/C21H19N3O2S/c1-2-26-14-16-12-20(25)24-21(23-16)19(13-22-24)15-8-10-18(11-9-15)27-17-6-4-3-5-7-17/h3-13,22H,2,14H2,1H3. The molecule has 0 amide bonds. The lowest BCUT2D eigenvalue weighted by Gasteiger charge is -2.05. The third-order valence-corrected chi connectivity index (χ3v) is 5.16. The van der Waals surface area contributed by atoms with Gasteiger partial charge in [0.05, 0.1) is 12.3 Å². The van der Waals surface area contributed by atoms with Crippen LogP contribution in [0.2, 0.25) is 0 Å². The summed E-state index contributed by atoms with van der Waals surface area (Å²) < 4.78 is 6.85. The molecule has 0 atom stereocenters. The molecule has 4 aromatic rings. The summed E-state index contributed by atoms with van der Waals surface area (Å²) >= 11 is 1.72. The fraction of sp³-hybridized carbons (Fsp3) is 0.143. The van der Waals surface area contributed by atoms with Gasteiger partial charge in [0, 0.05) is 34.2 Å². The van der Waals surface area contributed by atoms with Gasteiger partial charge in [-0.2, -0.15) is 0 Å². The SMILES string of the molecule is CCOCc1cc(=O)n2[nH]cc(-c3ccc(Sc4ccccc4)cc3)c2n1. The lowest BCUT2D eigenvalue weighted by Crippen LogP contribution is -2.16. The maximum absolute atomic E-state index is 12.3. The van der Waals surface area contributed by atoms with Crippen molar-refractivity contribution in [1.29, 1.82) is 0 Å². The van der Waals surface area contributed by atoms with Crippen molar-refractivity contribution >= 4 is 17.4 Å². The van der Waals surface area contributed by atoms with E-state index in [4.69, 9.17) is 4.74 Å². The van der Waals surface area contributed by atoms with Crippen LogP contribution in [-0.4, -0.2) is 21.2 Å². The Morgan fingerprint density at radius 3 is 2.56 bits per heavy atom. The van der Waals surface area contributed by atoms with Crippen molar-refractivity contribution in [2.24, 2.45) is 0 Å². The molecule has 6 heteroatoms. The molecule has 2 heterocycles. The van der Waals surface area contributed by atoms with Gasteiger partial charge in [0.25, 0.3) is 5.56 Å². The molecule has 0 spiro atoms. The molecule has 136 valence electrons. The average molecular weight is 377 g/mol. The summed E-state index contributed by atoms with van der Waals surface area (Å²) in [6, 6.07) is 20.0. The van der Waals surface area contributed by atoms with E-state index in [-0.39, 0.29) is 5.56 Å². The number of hydrogen-bond acceptors (Lipinski definition) is 4. The first-order valence-corrected chi connectivity index (χ1v) is 9.57. The highest BCUT2D eigenvalue weighted by molar-refractivity contribution is 7.99. The molecule has 0 fully saturated rings. The average Bonchev–Trinajstić information content (AvgIpc) is 3.12. The predicted molar refractivity (Wildman–Crippen MR) is 107 cm³/mol. The lowest BCUT2D eigenvalue weighted by molar-refractivity contribution is 0.131. The highest BCUT2D eigenvalue weighted by Gasteiger charge is 2.11. The van der Waals surface area contributed by atoms with E-state index in [1.165, 1.54) is 15.5 Å². The quantitative estimate of drug-likeness (QED) is 0.542. The number of nitrogens with zero attached hydrogens (tertiary/aromatic N) is 2. The smallest absolute Gasteiger partial charge is 0.272 e. The van der Waals surface area contributed by atoms with E-state index in [0.717, 1.165) is 16.0 Å². The van der Waals surface area contributed by atoms with Gasteiger partial charge in [-0.25, -0.2) is 9.50 Å². The number of nitrogens with one attached hydrogen (secondary N) is 1. The number of aromatic amines is 1. The maximum Gasteiger partial charge on any atom is 0.272 e. The van der Waals surface area contributed by atoms with E-state index in [0.29, 0.717) is 24.6 Å². The molecule has 0 aliphatic carbocycles. The molecule has 5 nitrogen and oxygen atoms in total. The summed E-state index contributed by atoms with van der Waals surface area (Å²) in [5.74, 6) is 0. The van der Waals surface area contributed by atoms with Gasteiger partial charge >= 0.3 is 0 Å². The molecule has 2 aromatic heterocycles. The molecule has 27 heavy (non-hydrogen) atoms. The Labute approximate surface area is 161 Å². The van der Waals surface area contributed by atoms with E-state index >= 15 is 0 Å². The topological polar surface area (TPSA) is 59.4 Å². The van der Waals surface area contributed by atoms with Gasteiger partial charge in [-0.05, 0) is 36.8 Å². The molecule has 0 aliphatic rings. The Balaban J connectivity index is 1.65. The van der Waals surface area contributed by atoms with Gasteiger partial charge in [0.1, 0.15) is 0 Å². The fourth-order valence-corrected chi connectivity index (χ4v) is 3.69. The Bertz CT molecular complexity index is 1100. The second-order valence-corrected chi connectivity index (χ2v) is 7.16. The number of ether oxygens (including phenoxy) is 1. The molecule has 0 radical (unpaired) electrons. The maximum atomic E-state index is 12.3. The minimum Gasteiger partial charge on any atom is -0.375 e. The molecule has 0 saturated carbocycles. The Hall–Kier alpha value is -2.83. The molecular weight excluding hydrogens is 358 g/mol. The first kappa shape index (κ1) is 17.6. The van der Waals surface area contributed by atoms with E-state index < -0.39 is 0 Å². The number of rotatable bonds is 6. The Morgan fingerprint density at radius 1 is 1.07 bits per heavy atom. The van der Waals surface area contributed by atoms with Crippen LogP contribution in [0.1, 0.15) is 12.6 Å². The van der Waals surface area contributed by atoms with E-state index in [9.17, 15) is 4.79 Å². The Morgan fingerprint density at radius 2 is 1.81 bits per heavy atom. The minimum absolute atomic E-state index is 0.141. The summed E-state index contributed by atoms with van der Waals surface area (Å²) in [5.41, 5.74) is 3.00. The minimum atomic E-state index is -0.141. The van der Waals surface area contributed by atoms with Crippen LogP contribution in [0.25, 0.3) is 16.8 Å². The lowest BCUT2D eigenvalue weighted by atomic mass is 10.1. The zero-order valence-electron chi connectivity index (χ0n) is 14.9. The van der Waals surface area contributed by atoms with Gasteiger partial charge < -0.3 is 4.74 Å². The zero-order chi connectivity index (χ0) is 18.6. The van der Waals surface area contributed by atoms with Crippen LogP contribution in [0, 0.1) is 0 Å². The van der Waals surface area contributed by atoms with Crippen molar-refractivity contribution in [3.8, 4) is 11.1 Å². The van der Waals surface area contributed by atoms with Crippen LogP contribution in [0.4, 0.5) is 0 Å². The molecule has 4 rings (SSSR count). The molecule has 2 aromatic carbocycles. The third kappa shape index (κ3) is 3.82. The predicted octanol–water partition coefficient (Wildman–Crippen LogP) is 4.38. The van der Waals surface area contributed by atoms with Crippen LogP contribution >= 0.6 is 11.8 Å². The Kier molecular flexibility index (Phi) is 5.09. The summed E-state index contributed by atoms with van der Waals surface area (Å²) in [6.07, 6.45) is 1.81. The first-order valence-electron chi connectivity index (χ1n) is 8.76. The second-order valence-electron chi connectivity index (χ2n) is 6.01. The van der Waals surface area contributed by atoms with Crippen molar-refractivity contribution in [2.45, 2.75) is 23.3 Å². The van der Waals surface area contributed by atoms with Crippen molar-refractivity contribution in [3.05, 3.63) is 82.9 Å². The number of fused-ring (bicyclic) bond motifs is 1. The summed E-state index contributed by atoms with van der Waals surface area (Å²) in [6.45, 7) is 2.84. The van der Waals surface area contributed by atoms with Gasteiger partial charge in [0.15, 0.2) is 5.65 Å². The molecule has 0 saturated heterocycles. The van der Waals surface area contributed by atoms with E-state index in [1.807, 2.05) is 31.3 Å². The summed E-state index contributed by atoms with van der Waals surface area (Å²) in [7, 11) is 0. The van der Waals surface area contributed by atoms with Crippen LogP contribution in [0.15, 0.2) is 81.4 Å². The van der Waals surface area contributed by atoms with Gasteiger partial charge in [-0.3, -0.25) is 9.89 Å². The fourth-order valence-electron chi connectivity index (χ4n) is 2.85. The monoisotopic (exact) mass is 377 g/mol. The highest BCUT2D eigenvalue weighted by Crippen LogP contribution is 2.30. The van der Waals surface area contributed by atoms with Crippen molar-refractivity contribution < 1.29 is 4.74 Å². The summed E-state index contributed by atoms with van der Waals surface area (Å²) in [5, 5.41) is 2.99. The molecule has 1 N–H and O–H groups in total. The largest absolute Gasteiger partial charge is 0.375 e. The molecular formula is C21H19N3O2S. The van der Waals surface area contributed by atoms with Gasteiger partial charge in [-0.15, -0.1) is 0 Å². The van der Waals surface area contributed by atoms with Crippen molar-refractivity contribution in [3.63, 3.8) is 0 Å². The second kappa shape index (κ2) is 7.82. The highest BCUT2D eigenvalue weighted by atomic mass is 32.2. The van der Waals surface area contributed by atoms with E-state index in [2.05, 4.69) is 46.5 Å². The number of benzene rings is 2. The van der Waals surface area contributed by atoms with Gasteiger partial charge in [-0.1, -0.05) is 42.1 Å². The molecule has 0 bridgehead atoms. The van der Waals surface area contributed by atoms with Crippen molar-refractivity contribution in [2.75, 3.05) is 6.61 Å². The van der Waals surface area contributed by atoms with Gasteiger partial charge in [0.2, 0.25) is 0 Å². The molecule has 0 aliphatic heterocycles. The number of hydrogen-bond donors (Lipinski definition) is 1. The van der Waals surface area contributed by atoms with Crippen LogP contribution < -0.4 is 5.56 Å². The van der Waals surface area contributed by atoms with Crippen LogP contribution in [0.3, 0.4) is 0 Å². The van der Waals surface area contributed by atoms with E-state index in [1.54, 1.807) is 11.8 Å². The zero-order valence-corrected chi connectivity index (χ0v) is 15.7. The van der Waals surface area contributed by atoms with Crippen molar-refractivity contribution in [1.82, 2.24) is 14.6 Å². The number of H-pyrrole nitrogens is 1. The first-order chi connectivity index (χ1) is 13.2. The van der Waals surface area contributed by atoms with Crippen LogP contribution in [-0.2, 0) is 11.3 Å². The third-order valence-electron chi connectivity index (χ3n) is 4.15. The number of aromatic nitrogens is 3. The summed E-state index contributed by atoms with van der Waals surface area (Å²) in [4.78, 5) is 19.3.